The molecule has 0 fully saturated rings. The Bertz CT molecular complexity index is 1100. The van der Waals surface area contributed by atoms with Crippen molar-refractivity contribution in [2.75, 3.05) is 17.6 Å². The molecule has 3 aromatic rings. The molecule has 0 saturated carbocycles. The number of benzene rings is 2. The van der Waals surface area contributed by atoms with Crippen LogP contribution in [0.3, 0.4) is 0 Å². The van der Waals surface area contributed by atoms with E-state index in [4.69, 9.17) is 0 Å². The normalized spacial score (nSPS) is 10.5. The van der Waals surface area contributed by atoms with Gasteiger partial charge < -0.3 is 15.6 Å². The molecule has 0 aliphatic rings. The minimum absolute atomic E-state index is 0.00223. The maximum atomic E-state index is 12.2. The van der Waals surface area contributed by atoms with Crippen molar-refractivity contribution in [1.82, 2.24) is 15.3 Å². The van der Waals surface area contributed by atoms with Crippen LogP contribution in [0.5, 0.6) is 0 Å². The number of nitrogens with one attached hydrogen (secondary N) is 3. The predicted octanol–water partition coefficient (Wildman–Crippen LogP) is 2.96. The first-order valence-electron chi connectivity index (χ1n) is 10.4. The van der Waals surface area contributed by atoms with Crippen LogP contribution < -0.4 is 16.2 Å². The summed E-state index contributed by atoms with van der Waals surface area (Å²) in [6.07, 6.45) is 1.67. The van der Waals surface area contributed by atoms with E-state index >= 15 is 0 Å². The van der Waals surface area contributed by atoms with Crippen LogP contribution in [0.25, 0.3) is 0 Å². The fraction of sp³-hybridized carbons (Fsp3) is 0.250. The van der Waals surface area contributed by atoms with Crippen LogP contribution in [-0.2, 0) is 28.9 Å². The molecule has 0 radical (unpaired) electrons. The maximum absolute atomic E-state index is 12.2. The van der Waals surface area contributed by atoms with Crippen LogP contribution in [-0.4, -0.2) is 34.1 Å². The van der Waals surface area contributed by atoms with E-state index in [2.05, 4.69) is 27.5 Å². The summed E-state index contributed by atoms with van der Waals surface area (Å²) in [5.41, 5.74) is 3.06. The lowest BCUT2D eigenvalue weighted by Crippen LogP contribution is -2.28. The van der Waals surface area contributed by atoms with Gasteiger partial charge in [0.05, 0.1) is 17.9 Å². The number of aryl methyl sites for hydroxylation is 1. The van der Waals surface area contributed by atoms with Crippen molar-refractivity contribution in [3.05, 3.63) is 87.8 Å². The minimum Gasteiger partial charge on any atom is -0.355 e. The van der Waals surface area contributed by atoms with Crippen LogP contribution in [0.2, 0.25) is 0 Å². The quantitative estimate of drug-likeness (QED) is 0.325. The first-order chi connectivity index (χ1) is 15.5. The number of aromatic nitrogens is 2. The summed E-state index contributed by atoms with van der Waals surface area (Å²) in [6.45, 7) is 2.58. The fourth-order valence-electron chi connectivity index (χ4n) is 3.02. The van der Waals surface area contributed by atoms with E-state index in [0.29, 0.717) is 17.4 Å². The minimum atomic E-state index is -0.356. The second-order valence-electron chi connectivity index (χ2n) is 7.19. The average molecular weight is 451 g/mol. The zero-order valence-corrected chi connectivity index (χ0v) is 18.7. The molecule has 32 heavy (non-hydrogen) atoms. The van der Waals surface area contributed by atoms with Crippen molar-refractivity contribution in [3.63, 3.8) is 0 Å². The zero-order chi connectivity index (χ0) is 22.8. The third kappa shape index (κ3) is 7.70. The fourth-order valence-corrected chi connectivity index (χ4v) is 3.71. The summed E-state index contributed by atoms with van der Waals surface area (Å²) in [6, 6.07) is 18.8. The second-order valence-corrected chi connectivity index (χ2v) is 8.16. The summed E-state index contributed by atoms with van der Waals surface area (Å²) in [7, 11) is 0. The number of hydrogen-bond acceptors (Lipinski definition) is 5. The third-order valence-electron chi connectivity index (χ3n) is 4.68. The standard InChI is InChI=1S/C24H26N4O3S/c1-2-17-8-10-19(11-9-17)26-23(31)16-32-24-27-20(15-22(30)28-24)14-21(29)25-13-12-18-6-4-3-5-7-18/h3-11,15H,2,12-14,16H2,1H3,(H,25,29)(H,26,31)(H,27,28,30). The Morgan fingerprint density at radius 3 is 2.47 bits per heavy atom. The van der Waals surface area contributed by atoms with Gasteiger partial charge in [-0.25, -0.2) is 4.98 Å². The molecule has 166 valence electrons. The van der Waals surface area contributed by atoms with E-state index in [1.807, 2.05) is 54.6 Å². The van der Waals surface area contributed by atoms with Gasteiger partial charge in [0.25, 0.3) is 5.56 Å². The Balaban J connectivity index is 1.48. The van der Waals surface area contributed by atoms with Crippen molar-refractivity contribution in [2.24, 2.45) is 0 Å². The van der Waals surface area contributed by atoms with Gasteiger partial charge in [0.15, 0.2) is 5.16 Å². The lowest BCUT2D eigenvalue weighted by atomic mass is 10.1. The molecule has 2 amide bonds. The molecule has 0 saturated heterocycles. The van der Waals surface area contributed by atoms with E-state index in [1.165, 1.54) is 11.6 Å². The van der Waals surface area contributed by atoms with Gasteiger partial charge in [-0.1, -0.05) is 61.2 Å². The first kappa shape index (κ1) is 23.3. The molecule has 3 N–H and O–H groups in total. The predicted molar refractivity (Wildman–Crippen MR) is 127 cm³/mol. The van der Waals surface area contributed by atoms with Crippen molar-refractivity contribution in [1.29, 1.82) is 0 Å². The molecular formula is C24H26N4O3S. The number of nitrogens with zero attached hydrogens (tertiary/aromatic N) is 1. The molecule has 0 aliphatic carbocycles. The average Bonchev–Trinajstić information content (AvgIpc) is 2.78. The molecule has 2 aromatic carbocycles. The number of aromatic amines is 1. The smallest absolute Gasteiger partial charge is 0.251 e. The molecule has 1 heterocycles. The molecule has 0 spiro atoms. The Hall–Kier alpha value is -3.39. The third-order valence-corrected chi connectivity index (χ3v) is 5.55. The van der Waals surface area contributed by atoms with Crippen LogP contribution >= 0.6 is 11.8 Å². The van der Waals surface area contributed by atoms with Crippen LogP contribution in [0.4, 0.5) is 5.69 Å². The number of carbonyl (C=O) groups is 2. The molecule has 1 aromatic heterocycles. The second kappa shape index (κ2) is 11.9. The highest BCUT2D eigenvalue weighted by atomic mass is 32.2. The number of H-pyrrole nitrogens is 1. The molecule has 8 heteroatoms. The van der Waals surface area contributed by atoms with Gasteiger partial charge in [0.2, 0.25) is 11.8 Å². The molecule has 3 rings (SSSR count). The number of amides is 2. The number of anilines is 1. The van der Waals surface area contributed by atoms with Gasteiger partial charge in [-0.15, -0.1) is 0 Å². The summed E-state index contributed by atoms with van der Waals surface area (Å²) in [5.74, 6) is -0.320. The Morgan fingerprint density at radius 1 is 1.00 bits per heavy atom. The van der Waals surface area contributed by atoms with Crippen LogP contribution in [0.15, 0.2) is 70.6 Å². The lowest BCUT2D eigenvalue weighted by Gasteiger charge is -2.07. The van der Waals surface area contributed by atoms with Crippen LogP contribution in [0, 0.1) is 0 Å². The zero-order valence-electron chi connectivity index (χ0n) is 17.9. The highest BCUT2D eigenvalue weighted by Gasteiger charge is 2.10. The van der Waals surface area contributed by atoms with Gasteiger partial charge in [-0.05, 0) is 36.1 Å². The van der Waals surface area contributed by atoms with Gasteiger partial charge in [0, 0.05) is 18.3 Å². The highest BCUT2D eigenvalue weighted by molar-refractivity contribution is 7.99. The molecular weight excluding hydrogens is 424 g/mol. The molecule has 0 unspecified atom stereocenters. The Kier molecular flexibility index (Phi) is 8.62. The molecule has 0 aliphatic heterocycles. The van der Waals surface area contributed by atoms with Gasteiger partial charge in [-0.3, -0.25) is 14.4 Å². The monoisotopic (exact) mass is 450 g/mol. The topological polar surface area (TPSA) is 104 Å². The van der Waals surface area contributed by atoms with Gasteiger partial charge in [-0.2, -0.15) is 0 Å². The van der Waals surface area contributed by atoms with Gasteiger partial charge in [0.1, 0.15) is 0 Å². The highest BCUT2D eigenvalue weighted by Crippen LogP contribution is 2.14. The van der Waals surface area contributed by atoms with Crippen LogP contribution in [0.1, 0.15) is 23.7 Å². The number of rotatable bonds is 10. The van der Waals surface area contributed by atoms with E-state index in [-0.39, 0.29) is 29.5 Å². The molecule has 0 atom stereocenters. The van der Waals surface area contributed by atoms with Crippen molar-refractivity contribution in [3.8, 4) is 0 Å². The Morgan fingerprint density at radius 2 is 1.75 bits per heavy atom. The van der Waals surface area contributed by atoms with Gasteiger partial charge >= 0.3 is 0 Å². The summed E-state index contributed by atoms with van der Waals surface area (Å²) < 4.78 is 0. The van der Waals surface area contributed by atoms with E-state index in [9.17, 15) is 14.4 Å². The van der Waals surface area contributed by atoms with E-state index < -0.39 is 0 Å². The lowest BCUT2D eigenvalue weighted by molar-refractivity contribution is -0.120. The maximum Gasteiger partial charge on any atom is 0.251 e. The molecule has 7 nitrogen and oxygen atoms in total. The first-order valence-corrected chi connectivity index (χ1v) is 11.4. The van der Waals surface area contributed by atoms with E-state index in [1.54, 1.807) is 0 Å². The Labute approximate surface area is 191 Å². The largest absolute Gasteiger partial charge is 0.355 e. The number of carbonyl (C=O) groups excluding carboxylic acids is 2. The summed E-state index contributed by atoms with van der Waals surface area (Å²) >= 11 is 1.12. The number of hydrogen-bond donors (Lipinski definition) is 3. The van der Waals surface area contributed by atoms with Crippen molar-refractivity contribution < 1.29 is 9.59 Å². The van der Waals surface area contributed by atoms with E-state index in [0.717, 1.165) is 35.9 Å². The van der Waals surface area contributed by atoms with Crippen molar-refractivity contribution >= 4 is 29.3 Å². The number of thioether (sulfide) groups is 1. The summed E-state index contributed by atoms with van der Waals surface area (Å²) in [5, 5.41) is 5.97. The SMILES string of the molecule is CCc1ccc(NC(=O)CSc2nc(CC(=O)NCCc3ccccc3)cc(=O)[nH]2)cc1. The van der Waals surface area contributed by atoms with Crippen molar-refractivity contribution in [2.45, 2.75) is 31.3 Å². The summed E-state index contributed by atoms with van der Waals surface area (Å²) in [4.78, 5) is 43.3. The molecule has 0 bridgehead atoms.